The van der Waals surface area contributed by atoms with E-state index < -0.39 is 6.36 Å². The average molecular weight is 360 g/mol. The van der Waals surface area contributed by atoms with Crippen LogP contribution in [0.5, 0.6) is 5.75 Å². The van der Waals surface area contributed by atoms with Crippen molar-refractivity contribution in [2.45, 2.75) is 38.1 Å². The van der Waals surface area contributed by atoms with Crippen LogP contribution in [0.1, 0.15) is 37.3 Å². The Morgan fingerprint density at radius 2 is 1.60 bits per heavy atom. The summed E-state index contributed by atoms with van der Waals surface area (Å²) in [5.41, 5.74) is 22.1. The summed E-state index contributed by atoms with van der Waals surface area (Å²) in [6, 6.07) is 5.15. The Kier molecular flexibility index (Phi) is 7.83. The number of unbranched alkanes of at least 4 members (excludes halogenated alkanes) is 2. The Labute approximate surface area is 143 Å². The molecule has 0 radical (unpaired) electrons. The van der Waals surface area contributed by atoms with Crippen molar-refractivity contribution in [1.82, 2.24) is 0 Å². The third-order valence-corrected chi connectivity index (χ3v) is 3.23. The predicted molar refractivity (Wildman–Crippen MR) is 90.8 cm³/mol. The van der Waals surface area contributed by atoms with Crippen molar-refractivity contribution in [3.63, 3.8) is 0 Å². The summed E-state index contributed by atoms with van der Waals surface area (Å²) in [6.07, 6.45) is -1.61. The van der Waals surface area contributed by atoms with Crippen LogP contribution in [0.2, 0.25) is 0 Å². The Balaban J connectivity index is 2.63. The number of nitrogens with two attached hydrogens (primary N) is 4. The van der Waals surface area contributed by atoms with Gasteiger partial charge in [-0.15, -0.1) is 13.2 Å². The summed E-state index contributed by atoms with van der Waals surface area (Å²) in [5, 5.41) is 0. The van der Waals surface area contributed by atoms with E-state index in [1.165, 1.54) is 24.3 Å². The smallest absolute Gasteiger partial charge is 0.406 e. The molecule has 7 nitrogen and oxygen atoms in total. The van der Waals surface area contributed by atoms with Crippen LogP contribution >= 0.6 is 0 Å². The second kappa shape index (κ2) is 9.60. The molecule has 0 saturated heterocycles. The van der Waals surface area contributed by atoms with E-state index in [0.717, 1.165) is 19.3 Å². The van der Waals surface area contributed by atoms with Gasteiger partial charge in [0.15, 0.2) is 11.9 Å². The molecule has 10 heteroatoms. The molecule has 0 spiro atoms. The van der Waals surface area contributed by atoms with Gasteiger partial charge in [0.05, 0.1) is 6.04 Å². The van der Waals surface area contributed by atoms with Gasteiger partial charge in [-0.3, -0.25) is 4.99 Å². The minimum atomic E-state index is -4.73. The fourth-order valence-electron chi connectivity index (χ4n) is 2.21. The largest absolute Gasteiger partial charge is 0.573 e. The molecule has 0 heterocycles. The maximum atomic E-state index is 12.2. The highest BCUT2D eigenvalue weighted by atomic mass is 19.4. The number of aliphatic imine (C=N–C) groups is 2. The van der Waals surface area contributed by atoms with Crippen LogP contribution in [0, 0.1) is 0 Å². The molecule has 1 atom stereocenters. The first-order chi connectivity index (χ1) is 11.7. The van der Waals surface area contributed by atoms with E-state index in [1.807, 2.05) is 0 Å². The second-order valence-electron chi connectivity index (χ2n) is 5.34. The van der Waals surface area contributed by atoms with Gasteiger partial charge in [0, 0.05) is 6.54 Å². The number of rotatable bonds is 9. The molecule has 0 bridgehead atoms. The van der Waals surface area contributed by atoms with E-state index in [0.29, 0.717) is 18.5 Å². The number of hydrogen-bond acceptors (Lipinski definition) is 3. The van der Waals surface area contributed by atoms with E-state index >= 15 is 0 Å². The highest BCUT2D eigenvalue weighted by molar-refractivity contribution is 5.76. The molecule has 1 rings (SSSR count). The summed E-state index contributed by atoms with van der Waals surface area (Å²) >= 11 is 0. The van der Waals surface area contributed by atoms with Gasteiger partial charge in [0.1, 0.15) is 5.75 Å². The van der Waals surface area contributed by atoms with Crippen molar-refractivity contribution in [2.24, 2.45) is 32.9 Å². The Morgan fingerprint density at radius 1 is 0.960 bits per heavy atom. The van der Waals surface area contributed by atoms with E-state index in [1.54, 1.807) is 0 Å². The molecular weight excluding hydrogens is 337 g/mol. The lowest BCUT2D eigenvalue weighted by atomic mass is 10.0. The van der Waals surface area contributed by atoms with Crippen LogP contribution in [0.25, 0.3) is 0 Å². The van der Waals surface area contributed by atoms with Crippen LogP contribution in [0.15, 0.2) is 34.3 Å². The summed E-state index contributed by atoms with van der Waals surface area (Å²) in [6.45, 7) is 0.540. The fraction of sp³-hybridized carbons (Fsp3) is 0.467. The quantitative estimate of drug-likeness (QED) is 0.302. The lowest BCUT2D eigenvalue weighted by Crippen LogP contribution is -2.24. The zero-order valence-electron chi connectivity index (χ0n) is 13.7. The first-order valence-electron chi connectivity index (χ1n) is 7.67. The van der Waals surface area contributed by atoms with Gasteiger partial charge in [-0.25, -0.2) is 4.99 Å². The Bertz CT molecular complexity index is 578. The third-order valence-electron chi connectivity index (χ3n) is 3.23. The van der Waals surface area contributed by atoms with Gasteiger partial charge >= 0.3 is 6.36 Å². The minimum absolute atomic E-state index is 0.0551. The first kappa shape index (κ1) is 20.4. The van der Waals surface area contributed by atoms with Gasteiger partial charge < -0.3 is 27.7 Å². The van der Waals surface area contributed by atoms with Crippen molar-refractivity contribution in [2.75, 3.05) is 6.54 Å². The Hall–Kier alpha value is -2.65. The molecule has 1 unspecified atom stereocenters. The third kappa shape index (κ3) is 9.28. The molecule has 140 valence electrons. The lowest BCUT2D eigenvalue weighted by Gasteiger charge is -2.15. The monoisotopic (exact) mass is 360 g/mol. The van der Waals surface area contributed by atoms with E-state index in [2.05, 4.69) is 14.7 Å². The van der Waals surface area contributed by atoms with Gasteiger partial charge in [0.2, 0.25) is 0 Å². The molecule has 0 aliphatic rings. The number of ether oxygens (including phenoxy) is 1. The SMILES string of the molecule is NC(N)=NCCCCCC(N=C(N)N)c1ccc(OC(F)(F)F)cc1. The molecule has 0 aliphatic carbocycles. The molecule has 0 aliphatic heterocycles. The normalized spacial score (nSPS) is 12.3. The molecule has 8 N–H and O–H groups in total. The molecular formula is C15H23F3N6O. The van der Waals surface area contributed by atoms with Gasteiger partial charge in [-0.05, 0) is 30.5 Å². The van der Waals surface area contributed by atoms with Crippen LogP contribution in [0.3, 0.4) is 0 Å². The van der Waals surface area contributed by atoms with Crippen LogP contribution < -0.4 is 27.7 Å². The molecule has 25 heavy (non-hydrogen) atoms. The topological polar surface area (TPSA) is 138 Å². The number of nitrogens with zero attached hydrogens (tertiary/aromatic N) is 2. The van der Waals surface area contributed by atoms with Gasteiger partial charge in [-0.1, -0.05) is 25.0 Å². The highest BCUT2D eigenvalue weighted by Gasteiger charge is 2.31. The summed E-state index contributed by atoms with van der Waals surface area (Å²) in [4.78, 5) is 8.02. The van der Waals surface area contributed by atoms with Crippen molar-refractivity contribution in [3.05, 3.63) is 29.8 Å². The lowest BCUT2D eigenvalue weighted by molar-refractivity contribution is -0.274. The van der Waals surface area contributed by atoms with Gasteiger partial charge in [0.25, 0.3) is 0 Å². The zero-order chi connectivity index (χ0) is 18.9. The van der Waals surface area contributed by atoms with E-state index in [9.17, 15) is 13.2 Å². The Morgan fingerprint density at radius 3 is 2.12 bits per heavy atom. The number of alkyl halides is 3. The maximum absolute atomic E-state index is 12.2. The average Bonchev–Trinajstić information content (AvgIpc) is 2.48. The number of hydrogen-bond donors (Lipinski definition) is 4. The summed E-state index contributed by atoms with van der Waals surface area (Å²) in [7, 11) is 0. The van der Waals surface area contributed by atoms with E-state index in [-0.39, 0.29) is 23.7 Å². The van der Waals surface area contributed by atoms with Crippen LogP contribution in [-0.4, -0.2) is 24.8 Å². The predicted octanol–water partition coefficient (Wildman–Crippen LogP) is 1.73. The van der Waals surface area contributed by atoms with E-state index in [4.69, 9.17) is 22.9 Å². The number of guanidine groups is 2. The number of halogens is 3. The molecule has 0 fully saturated rings. The first-order valence-corrected chi connectivity index (χ1v) is 7.67. The highest BCUT2D eigenvalue weighted by Crippen LogP contribution is 2.28. The molecule has 0 amide bonds. The van der Waals surface area contributed by atoms with Crippen molar-refractivity contribution < 1.29 is 17.9 Å². The standard InChI is InChI=1S/C15H23F3N6O/c16-15(17,18)25-11-7-5-10(6-8-11)12(24-14(21)22)4-2-1-3-9-23-13(19)20/h5-8,12H,1-4,9H2,(H4,19,20,23)(H4,21,22,24). The van der Waals surface area contributed by atoms with Gasteiger partial charge in [-0.2, -0.15) is 0 Å². The zero-order valence-corrected chi connectivity index (χ0v) is 13.7. The molecule has 0 saturated carbocycles. The van der Waals surface area contributed by atoms with Crippen molar-refractivity contribution >= 4 is 11.9 Å². The maximum Gasteiger partial charge on any atom is 0.573 e. The fourth-order valence-corrected chi connectivity index (χ4v) is 2.21. The second-order valence-corrected chi connectivity index (χ2v) is 5.34. The van der Waals surface area contributed by atoms with Crippen LogP contribution in [-0.2, 0) is 0 Å². The van der Waals surface area contributed by atoms with Crippen molar-refractivity contribution in [1.29, 1.82) is 0 Å². The van der Waals surface area contributed by atoms with Crippen LogP contribution in [0.4, 0.5) is 13.2 Å². The summed E-state index contributed by atoms with van der Waals surface area (Å²) < 4.78 is 40.4. The van der Waals surface area contributed by atoms with Crippen molar-refractivity contribution in [3.8, 4) is 5.75 Å². The molecule has 1 aromatic rings. The summed E-state index contributed by atoms with van der Waals surface area (Å²) in [5.74, 6) is -0.322. The molecule has 1 aromatic carbocycles. The minimum Gasteiger partial charge on any atom is -0.406 e. The molecule has 0 aromatic heterocycles. The number of benzene rings is 1.